The number of alkyl halides is 3. The van der Waals surface area contributed by atoms with Gasteiger partial charge in [0.15, 0.2) is 0 Å². The fourth-order valence-corrected chi connectivity index (χ4v) is 3.97. The lowest BCUT2D eigenvalue weighted by Crippen LogP contribution is -2.48. The highest BCUT2D eigenvalue weighted by atomic mass is 19.4. The summed E-state index contributed by atoms with van der Waals surface area (Å²) in [6.07, 6.45) is 0.332. The summed E-state index contributed by atoms with van der Waals surface area (Å²) < 4.78 is 40.0. The van der Waals surface area contributed by atoms with Crippen molar-refractivity contribution in [1.82, 2.24) is 15.1 Å². The molecule has 3 nitrogen and oxygen atoms in total. The van der Waals surface area contributed by atoms with Crippen molar-refractivity contribution in [1.29, 1.82) is 0 Å². The number of rotatable bonds is 6. The van der Waals surface area contributed by atoms with Crippen LogP contribution in [0.5, 0.6) is 0 Å². The van der Waals surface area contributed by atoms with Crippen molar-refractivity contribution in [2.24, 2.45) is 0 Å². The molecule has 2 aliphatic rings. The number of halogens is 3. The first-order valence-electron chi connectivity index (χ1n) is 9.36. The van der Waals surface area contributed by atoms with Crippen LogP contribution in [0, 0.1) is 0 Å². The van der Waals surface area contributed by atoms with Gasteiger partial charge < -0.3 is 10.2 Å². The summed E-state index contributed by atoms with van der Waals surface area (Å²) in [5.74, 6) is 0. The van der Waals surface area contributed by atoms with Gasteiger partial charge in [0.05, 0.1) is 5.56 Å². The number of hydrogen-bond donors (Lipinski definition) is 1. The maximum atomic E-state index is 13.3. The van der Waals surface area contributed by atoms with E-state index >= 15 is 0 Å². The summed E-state index contributed by atoms with van der Waals surface area (Å²) in [7, 11) is 0. The van der Waals surface area contributed by atoms with Gasteiger partial charge in [-0.3, -0.25) is 4.90 Å². The number of nitrogens with one attached hydrogen (secondary N) is 1. The van der Waals surface area contributed by atoms with Crippen molar-refractivity contribution in [3.63, 3.8) is 0 Å². The largest absolute Gasteiger partial charge is 0.416 e. The lowest BCUT2D eigenvalue weighted by molar-refractivity contribution is -0.138. The van der Waals surface area contributed by atoms with Crippen LogP contribution >= 0.6 is 0 Å². The molecular weight excluding hydrogens is 327 g/mol. The Hall–Kier alpha value is -1.11. The van der Waals surface area contributed by atoms with Crippen molar-refractivity contribution >= 4 is 0 Å². The summed E-state index contributed by atoms with van der Waals surface area (Å²) in [6.45, 7) is 6.27. The van der Waals surface area contributed by atoms with Crippen LogP contribution in [0.15, 0.2) is 24.3 Å². The summed E-state index contributed by atoms with van der Waals surface area (Å²) >= 11 is 0. The van der Waals surface area contributed by atoms with E-state index in [0.717, 1.165) is 52.1 Å². The molecule has 0 saturated carbocycles. The lowest BCUT2D eigenvalue weighted by atomic mass is 10.0. The Morgan fingerprint density at radius 2 is 1.88 bits per heavy atom. The zero-order chi connectivity index (χ0) is 17.7. The molecule has 1 unspecified atom stereocenters. The normalized spacial score (nSPS) is 22.6. The first-order valence-corrected chi connectivity index (χ1v) is 9.36. The van der Waals surface area contributed by atoms with Gasteiger partial charge in [0.25, 0.3) is 0 Å². The van der Waals surface area contributed by atoms with E-state index in [4.69, 9.17) is 0 Å². The molecule has 2 heterocycles. The Kier molecular flexibility index (Phi) is 6.36. The van der Waals surface area contributed by atoms with Gasteiger partial charge >= 0.3 is 6.18 Å². The van der Waals surface area contributed by atoms with Crippen LogP contribution in [0.2, 0.25) is 0 Å². The zero-order valence-electron chi connectivity index (χ0n) is 14.7. The van der Waals surface area contributed by atoms with Gasteiger partial charge in [0, 0.05) is 32.2 Å². The van der Waals surface area contributed by atoms with Crippen molar-refractivity contribution in [3.8, 4) is 0 Å². The smallest absolute Gasteiger partial charge is 0.315 e. The summed E-state index contributed by atoms with van der Waals surface area (Å²) in [5.41, 5.74) is -0.105. The number of likely N-dealkylation sites (tertiary alicyclic amines) is 1. The molecule has 140 valence electrons. The standard InChI is InChI=1S/C19H28F3N3/c20-19(21,22)18-8-2-1-6-16(18)15-25(17-7-5-9-23-14-17)13-12-24-10-3-4-11-24/h1-2,6,8,17,23H,3-5,7,9-15H2. The van der Waals surface area contributed by atoms with Gasteiger partial charge in [-0.25, -0.2) is 0 Å². The first kappa shape index (κ1) is 18.7. The third kappa shape index (κ3) is 5.19. The highest BCUT2D eigenvalue weighted by molar-refractivity contribution is 5.29. The summed E-state index contributed by atoms with van der Waals surface area (Å²) in [6, 6.07) is 6.33. The third-order valence-electron chi connectivity index (χ3n) is 5.39. The monoisotopic (exact) mass is 355 g/mol. The van der Waals surface area contributed by atoms with Crippen molar-refractivity contribution in [2.75, 3.05) is 39.3 Å². The fourth-order valence-electron chi connectivity index (χ4n) is 3.97. The highest BCUT2D eigenvalue weighted by Crippen LogP contribution is 2.32. The van der Waals surface area contributed by atoms with Crippen molar-refractivity contribution in [3.05, 3.63) is 35.4 Å². The van der Waals surface area contributed by atoms with Gasteiger partial charge in [-0.05, 0) is 56.9 Å². The highest BCUT2D eigenvalue weighted by Gasteiger charge is 2.34. The quantitative estimate of drug-likeness (QED) is 0.844. The van der Waals surface area contributed by atoms with E-state index in [1.165, 1.54) is 25.0 Å². The Labute approximate surface area is 148 Å². The van der Waals surface area contributed by atoms with Gasteiger partial charge in [0.2, 0.25) is 0 Å². The van der Waals surface area contributed by atoms with Crippen LogP contribution < -0.4 is 5.32 Å². The van der Waals surface area contributed by atoms with Gasteiger partial charge in [0.1, 0.15) is 0 Å². The van der Waals surface area contributed by atoms with Crippen LogP contribution in [-0.2, 0) is 12.7 Å². The molecule has 1 N–H and O–H groups in total. The van der Waals surface area contributed by atoms with E-state index in [-0.39, 0.29) is 0 Å². The van der Waals surface area contributed by atoms with Crippen LogP contribution in [0.1, 0.15) is 36.8 Å². The van der Waals surface area contributed by atoms with E-state index in [1.807, 2.05) is 0 Å². The minimum absolute atomic E-state index is 0.317. The minimum Gasteiger partial charge on any atom is -0.315 e. The molecule has 2 fully saturated rings. The summed E-state index contributed by atoms with van der Waals surface area (Å²) in [4.78, 5) is 4.69. The molecule has 1 aromatic carbocycles. The van der Waals surface area contributed by atoms with Crippen molar-refractivity contribution in [2.45, 2.75) is 44.4 Å². The second kappa shape index (κ2) is 8.52. The lowest BCUT2D eigenvalue weighted by Gasteiger charge is -2.36. The number of nitrogens with zero attached hydrogens (tertiary/aromatic N) is 2. The van der Waals surface area contributed by atoms with Crippen LogP contribution in [0.4, 0.5) is 13.2 Å². The van der Waals surface area contributed by atoms with Crippen LogP contribution in [0.3, 0.4) is 0 Å². The molecule has 1 aromatic rings. The van der Waals surface area contributed by atoms with Gasteiger partial charge in [-0.15, -0.1) is 0 Å². The Morgan fingerprint density at radius 3 is 2.56 bits per heavy atom. The molecule has 0 aliphatic carbocycles. The molecule has 1 atom stereocenters. The second-order valence-corrected chi connectivity index (χ2v) is 7.17. The predicted molar refractivity (Wildman–Crippen MR) is 93.4 cm³/mol. The number of hydrogen-bond acceptors (Lipinski definition) is 3. The maximum Gasteiger partial charge on any atom is 0.416 e. The molecule has 25 heavy (non-hydrogen) atoms. The molecule has 2 aliphatic heterocycles. The van der Waals surface area contributed by atoms with E-state index in [9.17, 15) is 13.2 Å². The van der Waals surface area contributed by atoms with Crippen molar-refractivity contribution < 1.29 is 13.2 Å². The van der Waals surface area contributed by atoms with Crippen LogP contribution in [-0.4, -0.2) is 55.1 Å². The predicted octanol–water partition coefficient (Wildman–Crippen LogP) is 3.36. The Bertz CT molecular complexity index is 535. The van der Waals surface area contributed by atoms with Crippen LogP contribution in [0.25, 0.3) is 0 Å². The molecule has 2 saturated heterocycles. The molecule has 0 aromatic heterocycles. The fraction of sp³-hybridized carbons (Fsp3) is 0.684. The zero-order valence-corrected chi connectivity index (χ0v) is 14.7. The average molecular weight is 355 g/mol. The maximum absolute atomic E-state index is 13.3. The topological polar surface area (TPSA) is 18.5 Å². The van der Waals surface area contributed by atoms with Gasteiger partial charge in [-0.2, -0.15) is 13.2 Å². The first-order chi connectivity index (χ1) is 12.0. The van der Waals surface area contributed by atoms with E-state index in [1.54, 1.807) is 12.1 Å². The molecule has 0 amide bonds. The average Bonchev–Trinajstić information content (AvgIpc) is 3.12. The summed E-state index contributed by atoms with van der Waals surface area (Å²) in [5, 5.41) is 3.40. The van der Waals surface area contributed by atoms with E-state index in [0.29, 0.717) is 18.2 Å². The van der Waals surface area contributed by atoms with E-state index in [2.05, 4.69) is 15.1 Å². The Morgan fingerprint density at radius 1 is 1.12 bits per heavy atom. The Balaban J connectivity index is 1.72. The molecule has 0 radical (unpaired) electrons. The van der Waals surface area contributed by atoms with E-state index < -0.39 is 11.7 Å². The molecule has 3 rings (SSSR count). The number of benzene rings is 1. The minimum atomic E-state index is -4.29. The molecule has 0 bridgehead atoms. The SMILES string of the molecule is FC(F)(F)c1ccccc1CN(CCN1CCCC1)C1CCCNC1. The molecular formula is C19H28F3N3. The molecule has 0 spiro atoms. The third-order valence-corrected chi connectivity index (χ3v) is 5.39. The van der Waals surface area contributed by atoms with Gasteiger partial charge in [-0.1, -0.05) is 18.2 Å². The number of piperidine rings is 1. The molecule has 6 heteroatoms. The second-order valence-electron chi connectivity index (χ2n) is 7.17.